The molecule has 4 rings (SSSR count). The van der Waals surface area contributed by atoms with E-state index in [-0.39, 0.29) is 22.6 Å². The summed E-state index contributed by atoms with van der Waals surface area (Å²) in [4.78, 5) is 32.6. The standard InChI is InChI=1S/C25H26ClN3O3/c1-14-16(26)8-5-9-17(14)29-18-11-25(2,3)12-19(30)21(18)20(15-7-6-10-28-13-15)22(23(29)27)24(31)32-4/h5-10,13,20H,11-12,27H2,1-4H3. The molecule has 0 saturated carbocycles. The second-order valence-corrected chi connectivity index (χ2v) is 9.44. The fourth-order valence-corrected chi connectivity index (χ4v) is 4.88. The van der Waals surface area contributed by atoms with Crippen molar-refractivity contribution in [3.05, 3.63) is 81.5 Å². The Morgan fingerprint density at radius 2 is 2.00 bits per heavy atom. The molecule has 2 heterocycles. The molecule has 0 saturated heterocycles. The van der Waals surface area contributed by atoms with Crippen molar-refractivity contribution in [1.82, 2.24) is 4.98 Å². The third-order valence-corrected chi connectivity index (χ3v) is 6.57. The number of ether oxygens (including phenoxy) is 1. The molecule has 1 aliphatic heterocycles. The number of pyridine rings is 1. The lowest BCUT2D eigenvalue weighted by Crippen LogP contribution is -2.44. The summed E-state index contributed by atoms with van der Waals surface area (Å²) in [7, 11) is 1.31. The van der Waals surface area contributed by atoms with Crippen molar-refractivity contribution in [3.63, 3.8) is 0 Å². The monoisotopic (exact) mass is 451 g/mol. The Morgan fingerprint density at radius 3 is 2.66 bits per heavy atom. The third-order valence-electron chi connectivity index (χ3n) is 6.16. The summed E-state index contributed by atoms with van der Waals surface area (Å²) in [6.07, 6.45) is 4.31. The number of rotatable bonds is 3. The Bertz CT molecular complexity index is 1170. The van der Waals surface area contributed by atoms with E-state index in [1.54, 1.807) is 24.5 Å². The second-order valence-electron chi connectivity index (χ2n) is 9.03. The number of ketones is 1. The first-order valence-corrected chi connectivity index (χ1v) is 10.8. The van der Waals surface area contributed by atoms with Gasteiger partial charge in [0.1, 0.15) is 5.82 Å². The molecule has 6 nitrogen and oxygen atoms in total. The molecule has 0 bridgehead atoms. The summed E-state index contributed by atoms with van der Waals surface area (Å²) >= 11 is 6.42. The van der Waals surface area contributed by atoms with E-state index in [0.717, 1.165) is 22.5 Å². The van der Waals surface area contributed by atoms with Gasteiger partial charge in [-0.2, -0.15) is 0 Å². The van der Waals surface area contributed by atoms with Crippen LogP contribution in [-0.4, -0.2) is 23.8 Å². The Balaban J connectivity index is 2.07. The van der Waals surface area contributed by atoms with Gasteiger partial charge in [0.25, 0.3) is 0 Å². The molecule has 166 valence electrons. The minimum absolute atomic E-state index is 0.0105. The van der Waals surface area contributed by atoms with Gasteiger partial charge in [-0.15, -0.1) is 0 Å². The zero-order valence-corrected chi connectivity index (χ0v) is 19.4. The summed E-state index contributed by atoms with van der Waals surface area (Å²) in [5.41, 5.74) is 10.3. The number of carbonyl (C=O) groups excluding carboxylic acids is 2. The molecule has 2 aliphatic rings. The fraction of sp³-hybridized carbons (Fsp3) is 0.320. The van der Waals surface area contributed by atoms with E-state index in [1.807, 2.05) is 30.0 Å². The third kappa shape index (κ3) is 3.58. The van der Waals surface area contributed by atoms with Crippen LogP contribution in [0.3, 0.4) is 0 Å². The van der Waals surface area contributed by atoms with Gasteiger partial charge in [0.2, 0.25) is 0 Å². The Kier molecular flexibility index (Phi) is 5.59. The number of benzene rings is 1. The van der Waals surface area contributed by atoms with Crippen LogP contribution in [0.2, 0.25) is 5.02 Å². The number of carbonyl (C=O) groups is 2. The summed E-state index contributed by atoms with van der Waals surface area (Å²) in [6.45, 7) is 6.02. The number of hydrogen-bond acceptors (Lipinski definition) is 6. The maximum absolute atomic E-state index is 13.6. The van der Waals surface area contributed by atoms with Gasteiger partial charge in [-0.3, -0.25) is 14.7 Å². The van der Waals surface area contributed by atoms with Gasteiger partial charge in [-0.05, 0) is 48.1 Å². The zero-order valence-electron chi connectivity index (χ0n) is 18.6. The first kappa shape index (κ1) is 22.1. The Hall–Kier alpha value is -3.12. The largest absolute Gasteiger partial charge is 0.466 e. The van der Waals surface area contributed by atoms with E-state index in [2.05, 4.69) is 18.8 Å². The van der Waals surface area contributed by atoms with Crippen molar-refractivity contribution in [1.29, 1.82) is 0 Å². The number of allylic oxidation sites excluding steroid dienone is 2. The molecular formula is C25H26ClN3O3. The van der Waals surface area contributed by atoms with E-state index in [9.17, 15) is 9.59 Å². The van der Waals surface area contributed by atoms with Crippen molar-refractivity contribution in [2.24, 2.45) is 11.1 Å². The van der Waals surface area contributed by atoms with E-state index in [1.165, 1.54) is 7.11 Å². The predicted molar refractivity (Wildman–Crippen MR) is 124 cm³/mol. The highest BCUT2D eigenvalue weighted by Crippen LogP contribution is 2.51. The summed E-state index contributed by atoms with van der Waals surface area (Å²) in [5, 5.41) is 0.577. The first-order chi connectivity index (χ1) is 15.2. The van der Waals surface area contributed by atoms with Crippen LogP contribution in [-0.2, 0) is 14.3 Å². The number of Topliss-reactive ketones (excluding diaryl/α,β-unsaturated/α-hetero) is 1. The molecule has 32 heavy (non-hydrogen) atoms. The van der Waals surface area contributed by atoms with Crippen molar-refractivity contribution in [2.45, 2.75) is 39.5 Å². The lowest BCUT2D eigenvalue weighted by Gasteiger charge is -2.44. The molecule has 1 atom stereocenters. The molecule has 0 amide bonds. The van der Waals surface area contributed by atoms with E-state index in [0.29, 0.717) is 23.4 Å². The van der Waals surface area contributed by atoms with Crippen molar-refractivity contribution in [3.8, 4) is 0 Å². The quantitative estimate of drug-likeness (QED) is 0.684. The Morgan fingerprint density at radius 1 is 1.25 bits per heavy atom. The number of anilines is 1. The second kappa shape index (κ2) is 8.10. The van der Waals surface area contributed by atoms with Crippen LogP contribution in [0.5, 0.6) is 0 Å². The molecule has 0 fully saturated rings. The van der Waals surface area contributed by atoms with Crippen LogP contribution in [0.15, 0.2) is 65.4 Å². The maximum atomic E-state index is 13.6. The predicted octanol–water partition coefficient (Wildman–Crippen LogP) is 4.63. The van der Waals surface area contributed by atoms with Crippen molar-refractivity contribution >= 4 is 29.0 Å². The topological polar surface area (TPSA) is 85.5 Å². The molecule has 1 aromatic carbocycles. The molecule has 1 aliphatic carbocycles. The van der Waals surface area contributed by atoms with Crippen LogP contribution in [0, 0.1) is 12.3 Å². The maximum Gasteiger partial charge on any atom is 0.338 e. The highest BCUT2D eigenvalue weighted by atomic mass is 35.5. The minimum atomic E-state index is -0.648. The van der Waals surface area contributed by atoms with Crippen molar-refractivity contribution < 1.29 is 14.3 Å². The van der Waals surface area contributed by atoms with Gasteiger partial charge < -0.3 is 10.5 Å². The molecule has 2 N–H and O–H groups in total. The van der Waals surface area contributed by atoms with Gasteiger partial charge >= 0.3 is 5.97 Å². The van der Waals surface area contributed by atoms with Gasteiger partial charge in [-0.25, -0.2) is 4.79 Å². The van der Waals surface area contributed by atoms with Gasteiger partial charge in [-0.1, -0.05) is 37.6 Å². The van der Waals surface area contributed by atoms with Gasteiger partial charge in [0, 0.05) is 35.1 Å². The number of nitrogens with zero attached hydrogens (tertiary/aromatic N) is 2. The SMILES string of the molecule is COC(=O)C1=C(N)N(c2cccc(Cl)c2C)C2=C(C(=O)CC(C)(C)C2)C1c1cccnc1. The number of halogens is 1. The molecule has 0 spiro atoms. The Labute approximate surface area is 192 Å². The average Bonchev–Trinajstić information content (AvgIpc) is 2.75. The minimum Gasteiger partial charge on any atom is -0.466 e. The number of nitrogens with two attached hydrogens (primary N) is 1. The molecule has 1 aromatic heterocycles. The number of esters is 1. The molecule has 0 radical (unpaired) electrons. The van der Waals surface area contributed by atoms with Gasteiger partial charge in [0.05, 0.1) is 24.3 Å². The van der Waals surface area contributed by atoms with Crippen LogP contribution in [0.25, 0.3) is 0 Å². The zero-order chi connectivity index (χ0) is 23.2. The highest BCUT2D eigenvalue weighted by molar-refractivity contribution is 6.31. The summed E-state index contributed by atoms with van der Waals surface area (Å²) < 4.78 is 5.12. The highest BCUT2D eigenvalue weighted by Gasteiger charge is 2.46. The lowest BCUT2D eigenvalue weighted by molar-refractivity contribution is -0.136. The number of methoxy groups -OCH3 is 1. The van der Waals surface area contributed by atoms with Crippen LogP contribution in [0.4, 0.5) is 5.69 Å². The van der Waals surface area contributed by atoms with Crippen LogP contribution < -0.4 is 10.6 Å². The summed E-state index contributed by atoms with van der Waals surface area (Å²) in [5.74, 6) is -1.00. The fourth-order valence-electron chi connectivity index (χ4n) is 4.71. The lowest BCUT2D eigenvalue weighted by atomic mass is 9.68. The molecule has 7 heteroatoms. The van der Waals surface area contributed by atoms with E-state index >= 15 is 0 Å². The normalized spacial score (nSPS) is 20.3. The van der Waals surface area contributed by atoms with Gasteiger partial charge in [0.15, 0.2) is 5.78 Å². The summed E-state index contributed by atoms with van der Waals surface area (Å²) in [6, 6.07) is 9.16. The van der Waals surface area contributed by atoms with Crippen LogP contribution in [0.1, 0.15) is 43.7 Å². The first-order valence-electron chi connectivity index (χ1n) is 10.5. The molecular weight excluding hydrogens is 426 g/mol. The smallest absolute Gasteiger partial charge is 0.338 e. The van der Waals surface area contributed by atoms with E-state index in [4.69, 9.17) is 22.1 Å². The number of aromatic nitrogens is 1. The average molecular weight is 452 g/mol. The van der Waals surface area contributed by atoms with E-state index < -0.39 is 11.9 Å². The van der Waals surface area contributed by atoms with Crippen molar-refractivity contribution in [2.75, 3.05) is 12.0 Å². The number of hydrogen-bond donors (Lipinski definition) is 1. The van der Waals surface area contributed by atoms with Crippen LogP contribution >= 0.6 is 11.6 Å². The molecule has 2 aromatic rings. The molecule has 1 unspecified atom stereocenters.